The lowest BCUT2D eigenvalue weighted by atomic mass is 10.2. The third-order valence-corrected chi connectivity index (χ3v) is 6.00. The number of nitrogens with one attached hydrogen (secondary N) is 1. The van der Waals surface area contributed by atoms with Crippen molar-refractivity contribution < 1.29 is 9.21 Å². The fourth-order valence-corrected chi connectivity index (χ4v) is 4.06. The van der Waals surface area contributed by atoms with Crippen LogP contribution in [0, 0.1) is 6.92 Å². The summed E-state index contributed by atoms with van der Waals surface area (Å²) in [6.45, 7) is 2.55. The Morgan fingerprint density at radius 2 is 2.04 bits per heavy atom. The molecule has 3 aromatic rings. The summed E-state index contributed by atoms with van der Waals surface area (Å²) < 4.78 is 7.20. The van der Waals surface area contributed by atoms with Crippen molar-refractivity contribution in [3.63, 3.8) is 0 Å². The maximum absolute atomic E-state index is 12.0. The van der Waals surface area contributed by atoms with Gasteiger partial charge in [0.25, 0.3) is 0 Å². The van der Waals surface area contributed by atoms with Crippen molar-refractivity contribution in [2.24, 2.45) is 7.05 Å². The zero-order valence-corrected chi connectivity index (χ0v) is 17.0. The predicted molar refractivity (Wildman–Crippen MR) is 110 cm³/mol. The first-order valence-corrected chi connectivity index (χ1v) is 10.7. The second-order valence-electron chi connectivity index (χ2n) is 5.93. The molecule has 2 aromatic heterocycles. The number of nitrogens with zero attached hydrogens (tertiary/aromatic N) is 3. The molecule has 0 spiro atoms. The number of hydrogen-bond donors (Lipinski definition) is 1. The van der Waals surface area contributed by atoms with Gasteiger partial charge < -0.3 is 14.3 Å². The lowest BCUT2D eigenvalue weighted by Gasteiger charge is -2.06. The van der Waals surface area contributed by atoms with Crippen molar-refractivity contribution in [3.8, 4) is 11.4 Å². The van der Waals surface area contributed by atoms with Gasteiger partial charge in [0.15, 0.2) is 11.0 Å². The van der Waals surface area contributed by atoms with E-state index < -0.39 is 0 Å². The standard InChI is InChI=1S/C19H22N4O2S2/c1-14-16(8-10-25-14)18-21-22-19(23(18)2)27-13-17(24)20-9-11-26-12-15-6-4-3-5-7-15/h3-8,10H,9,11-13H2,1-2H3,(H,20,24). The van der Waals surface area contributed by atoms with Gasteiger partial charge in [-0.25, -0.2) is 0 Å². The van der Waals surface area contributed by atoms with Crippen LogP contribution in [0.25, 0.3) is 11.4 Å². The molecule has 2 heterocycles. The molecule has 0 aliphatic rings. The zero-order valence-electron chi connectivity index (χ0n) is 15.3. The number of thioether (sulfide) groups is 2. The Bertz CT molecular complexity index is 877. The monoisotopic (exact) mass is 402 g/mol. The molecule has 0 fully saturated rings. The molecule has 0 saturated carbocycles. The first kappa shape index (κ1) is 19.6. The number of furan rings is 1. The summed E-state index contributed by atoms with van der Waals surface area (Å²) in [7, 11) is 1.89. The van der Waals surface area contributed by atoms with Gasteiger partial charge in [-0.3, -0.25) is 4.79 Å². The van der Waals surface area contributed by atoms with E-state index in [4.69, 9.17) is 4.42 Å². The number of carbonyl (C=O) groups is 1. The number of rotatable bonds is 9. The molecule has 142 valence electrons. The SMILES string of the molecule is Cc1occc1-c1nnc(SCC(=O)NCCSCc2ccccc2)n1C. The Labute approximate surface area is 167 Å². The molecule has 8 heteroatoms. The average Bonchev–Trinajstić information content (AvgIpc) is 3.25. The van der Waals surface area contributed by atoms with E-state index in [1.807, 2.05) is 54.6 Å². The van der Waals surface area contributed by atoms with Crippen LogP contribution in [0.5, 0.6) is 0 Å². The largest absolute Gasteiger partial charge is 0.469 e. The van der Waals surface area contributed by atoms with E-state index in [0.29, 0.717) is 17.5 Å². The molecule has 0 atom stereocenters. The second kappa shape index (κ2) is 9.66. The number of aromatic nitrogens is 3. The summed E-state index contributed by atoms with van der Waals surface area (Å²) in [4.78, 5) is 12.0. The molecule has 0 saturated heterocycles. The van der Waals surface area contributed by atoms with Gasteiger partial charge in [0.05, 0.1) is 17.6 Å². The van der Waals surface area contributed by atoms with E-state index in [1.165, 1.54) is 17.3 Å². The van der Waals surface area contributed by atoms with E-state index in [-0.39, 0.29) is 5.91 Å². The first-order valence-electron chi connectivity index (χ1n) is 8.60. The van der Waals surface area contributed by atoms with Gasteiger partial charge in [0, 0.05) is 25.1 Å². The van der Waals surface area contributed by atoms with E-state index in [9.17, 15) is 4.79 Å². The maximum Gasteiger partial charge on any atom is 0.230 e. The van der Waals surface area contributed by atoms with Crippen molar-refractivity contribution in [1.82, 2.24) is 20.1 Å². The Hall–Kier alpha value is -2.19. The topological polar surface area (TPSA) is 72.9 Å². The van der Waals surface area contributed by atoms with Crippen LogP contribution in [0.2, 0.25) is 0 Å². The molecule has 0 unspecified atom stereocenters. The van der Waals surface area contributed by atoms with E-state index in [1.54, 1.807) is 6.26 Å². The molecule has 0 bridgehead atoms. The van der Waals surface area contributed by atoms with Crippen LogP contribution >= 0.6 is 23.5 Å². The number of carbonyl (C=O) groups excluding carboxylic acids is 1. The van der Waals surface area contributed by atoms with Gasteiger partial charge in [-0.15, -0.1) is 10.2 Å². The van der Waals surface area contributed by atoms with Crippen LogP contribution in [0.15, 0.2) is 52.2 Å². The highest BCUT2D eigenvalue weighted by Gasteiger charge is 2.15. The quantitative estimate of drug-likeness (QED) is 0.436. The summed E-state index contributed by atoms with van der Waals surface area (Å²) in [5, 5.41) is 12.0. The minimum atomic E-state index is 0.00403. The lowest BCUT2D eigenvalue weighted by Crippen LogP contribution is -2.27. The van der Waals surface area contributed by atoms with Crippen molar-refractivity contribution in [1.29, 1.82) is 0 Å². The number of aryl methyl sites for hydroxylation is 1. The number of amides is 1. The predicted octanol–water partition coefficient (Wildman–Crippen LogP) is 3.53. The zero-order chi connectivity index (χ0) is 19.1. The van der Waals surface area contributed by atoms with Crippen molar-refractivity contribution in [2.75, 3.05) is 18.1 Å². The van der Waals surface area contributed by atoms with Gasteiger partial charge >= 0.3 is 0 Å². The molecule has 3 rings (SSSR count). The van der Waals surface area contributed by atoms with Gasteiger partial charge in [-0.1, -0.05) is 42.1 Å². The van der Waals surface area contributed by atoms with Crippen molar-refractivity contribution >= 4 is 29.4 Å². The molecule has 1 amide bonds. The van der Waals surface area contributed by atoms with E-state index in [0.717, 1.165) is 28.7 Å². The van der Waals surface area contributed by atoms with Crippen molar-refractivity contribution in [2.45, 2.75) is 17.8 Å². The minimum Gasteiger partial charge on any atom is -0.469 e. The minimum absolute atomic E-state index is 0.00403. The summed E-state index contributed by atoms with van der Waals surface area (Å²) >= 11 is 3.19. The van der Waals surface area contributed by atoms with Crippen LogP contribution in [-0.2, 0) is 17.6 Å². The van der Waals surface area contributed by atoms with Crippen molar-refractivity contribution in [3.05, 3.63) is 54.0 Å². The number of benzene rings is 1. The number of hydrogen-bond acceptors (Lipinski definition) is 6. The third kappa shape index (κ3) is 5.40. The van der Waals surface area contributed by atoms with E-state index in [2.05, 4.69) is 27.6 Å². The summed E-state index contributed by atoms with van der Waals surface area (Å²) in [5.74, 6) is 3.71. The molecular weight excluding hydrogens is 380 g/mol. The maximum atomic E-state index is 12.0. The van der Waals surface area contributed by atoms with Crippen LogP contribution in [-0.4, -0.2) is 38.7 Å². The highest BCUT2D eigenvalue weighted by molar-refractivity contribution is 7.99. The molecule has 0 aliphatic heterocycles. The highest BCUT2D eigenvalue weighted by atomic mass is 32.2. The Kier molecular flexibility index (Phi) is 7.00. The summed E-state index contributed by atoms with van der Waals surface area (Å²) in [6.07, 6.45) is 1.63. The molecule has 6 nitrogen and oxygen atoms in total. The van der Waals surface area contributed by atoms with Crippen LogP contribution in [0.1, 0.15) is 11.3 Å². The first-order chi connectivity index (χ1) is 13.1. The smallest absolute Gasteiger partial charge is 0.230 e. The molecule has 0 aliphatic carbocycles. The second-order valence-corrected chi connectivity index (χ2v) is 7.98. The van der Waals surface area contributed by atoms with Crippen LogP contribution in [0.3, 0.4) is 0 Å². The Morgan fingerprint density at radius 1 is 1.22 bits per heavy atom. The Morgan fingerprint density at radius 3 is 2.78 bits per heavy atom. The fourth-order valence-electron chi connectivity index (χ4n) is 2.50. The van der Waals surface area contributed by atoms with Crippen LogP contribution < -0.4 is 5.32 Å². The molecule has 1 aromatic carbocycles. The molecule has 1 N–H and O–H groups in total. The normalized spacial score (nSPS) is 10.9. The summed E-state index contributed by atoms with van der Waals surface area (Å²) in [6, 6.07) is 12.2. The Balaban J connectivity index is 1.38. The van der Waals surface area contributed by atoms with Gasteiger partial charge in [-0.05, 0) is 18.6 Å². The fraction of sp³-hybridized carbons (Fsp3) is 0.316. The van der Waals surface area contributed by atoms with Gasteiger partial charge in [-0.2, -0.15) is 11.8 Å². The van der Waals surface area contributed by atoms with Gasteiger partial charge in [0.1, 0.15) is 5.76 Å². The summed E-state index contributed by atoms with van der Waals surface area (Å²) in [5.41, 5.74) is 2.21. The third-order valence-electron chi connectivity index (χ3n) is 3.95. The average molecular weight is 403 g/mol. The van der Waals surface area contributed by atoms with Gasteiger partial charge in [0.2, 0.25) is 5.91 Å². The van der Waals surface area contributed by atoms with Crippen LogP contribution in [0.4, 0.5) is 0 Å². The van der Waals surface area contributed by atoms with E-state index >= 15 is 0 Å². The molecule has 27 heavy (non-hydrogen) atoms. The lowest BCUT2D eigenvalue weighted by molar-refractivity contribution is -0.118. The molecule has 0 radical (unpaired) electrons. The molecular formula is C19H22N4O2S2. The highest BCUT2D eigenvalue weighted by Crippen LogP contribution is 2.25.